The Bertz CT molecular complexity index is 994. The van der Waals surface area contributed by atoms with Crippen LogP contribution in [0.2, 0.25) is 5.02 Å². The van der Waals surface area contributed by atoms with Crippen LogP contribution in [0.5, 0.6) is 11.5 Å². The van der Waals surface area contributed by atoms with E-state index in [4.69, 9.17) is 33.3 Å². The zero-order valence-corrected chi connectivity index (χ0v) is 17.9. The normalized spacial score (nSPS) is 15.0. The number of thioether (sulfide) groups is 1. The second-order valence-electron chi connectivity index (χ2n) is 5.75. The van der Waals surface area contributed by atoms with Gasteiger partial charge in [-0.05, 0) is 35.9 Å². The van der Waals surface area contributed by atoms with Crippen LogP contribution in [-0.4, -0.2) is 37.0 Å². The molecule has 0 aromatic heterocycles. The lowest BCUT2D eigenvalue weighted by Gasteiger charge is -2.14. The lowest BCUT2D eigenvalue weighted by atomic mass is 10.1. The van der Waals surface area contributed by atoms with E-state index in [9.17, 15) is 9.59 Å². The molecule has 29 heavy (non-hydrogen) atoms. The monoisotopic (exact) mass is 449 g/mol. The number of esters is 1. The van der Waals surface area contributed by atoms with E-state index in [0.717, 1.165) is 0 Å². The first-order valence-corrected chi connectivity index (χ1v) is 9.95. The van der Waals surface area contributed by atoms with Crippen molar-refractivity contribution in [3.8, 4) is 11.5 Å². The maximum absolute atomic E-state index is 12.8. The maximum atomic E-state index is 12.8. The number of carbonyl (C=O) groups is 2. The van der Waals surface area contributed by atoms with Gasteiger partial charge in [-0.3, -0.25) is 9.69 Å². The Labute approximate surface area is 182 Å². The van der Waals surface area contributed by atoms with Gasteiger partial charge >= 0.3 is 5.97 Å². The summed E-state index contributed by atoms with van der Waals surface area (Å²) in [7, 11) is 2.72. The van der Waals surface area contributed by atoms with E-state index in [1.54, 1.807) is 18.2 Å². The summed E-state index contributed by atoms with van der Waals surface area (Å²) in [6.07, 6.45) is 1.68. The highest BCUT2D eigenvalue weighted by molar-refractivity contribution is 8.27. The highest BCUT2D eigenvalue weighted by atomic mass is 35.5. The van der Waals surface area contributed by atoms with Gasteiger partial charge in [-0.15, -0.1) is 0 Å². The summed E-state index contributed by atoms with van der Waals surface area (Å²) in [6.45, 7) is -0.304. The fourth-order valence-electron chi connectivity index (χ4n) is 2.57. The van der Waals surface area contributed by atoms with Crippen molar-refractivity contribution in [2.75, 3.05) is 25.7 Å². The Hall–Kier alpha value is -2.55. The molecule has 3 rings (SSSR count). The van der Waals surface area contributed by atoms with Crippen LogP contribution in [0.4, 0.5) is 5.69 Å². The number of para-hydroxylation sites is 1. The molecule has 2 aromatic carbocycles. The van der Waals surface area contributed by atoms with E-state index in [1.165, 1.54) is 30.9 Å². The number of halogens is 1. The summed E-state index contributed by atoms with van der Waals surface area (Å²) in [5.74, 6) is -0.219. The van der Waals surface area contributed by atoms with Crippen LogP contribution in [0.25, 0.3) is 6.08 Å². The Balaban J connectivity index is 1.88. The summed E-state index contributed by atoms with van der Waals surface area (Å²) in [5, 5.41) is 0.234. The first kappa shape index (κ1) is 21.2. The van der Waals surface area contributed by atoms with Gasteiger partial charge in [0.2, 0.25) is 0 Å². The van der Waals surface area contributed by atoms with Gasteiger partial charge in [-0.2, -0.15) is 0 Å². The van der Waals surface area contributed by atoms with Gasteiger partial charge in [-0.1, -0.05) is 53.8 Å². The molecule has 1 aliphatic heterocycles. The Morgan fingerprint density at radius 1 is 1.24 bits per heavy atom. The number of ether oxygens (including phenoxy) is 3. The average molecular weight is 450 g/mol. The van der Waals surface area contributed by atoms with Gasteiger partial charge < -0.3 is 14.2 Å². The predicted octanol–water partition coefficient (Wildman–Crippen LogP) is 4.31. The molecule has 6 nitrogen and oxygen atoms in total. The second kappa shape index (κ2) is 9.30. The Morgan fingerprint density at radius 3 is 2.62 bits per heavy atom. The molecule has 0 atom stereocenters. The lowest BCUT2D eigenvalue weighted by molar-refractivity contribution is -0.142. The van der Waals surface area contributed by atoms with Gasteiger partial charge in [0, 0.05) is 0 Å². The molecule has 1 amide bonds. The highest BCUT2D eigenvalue weighted by Gasteiger charge is 2.33. The van der Waals surface area contributed by atoms with E-state index < -0.39 is 5.97 Å². The lowest BCUT2D eigenvalue weighted by Crippen LogP contribution is -2.27. The van der Waals surface area contributed by atoms with Crippen molar-refractivity contribution in [1.29, 1.82) is 0 Å². The molecule has 1 fully saturated rings. The largest absolute Gasteiger partial charge is 0.493 e. The molecule has 0 bridgehead atoms. The van der Waals surface area contributed by atoms with E-state index >= 15 is 0 Å². The number of anilines is 1. The number of amides is 1. The summed E-state index contributed by atoms with van der Waals surface area (Å²) in [5.41, 5.74) is 1.34. The minimum atomic E-state index is -0.545. The van der Waals surface area contributed by atoms with E-state index in [0.29, 0.717) is 26.2 Å². The third-order valence-electron chi connectivity index (χ3n) is 3.92. The van der Waals surface area contributed by atoms with Crippen LogP contribution in [0.15, 0.2) is 47.4 Å². The number of carbonyl (C=O) groups excluding carboxylic acids is 2. The zero-order valence-electron chi connectivity index (χ0n) is 15.5. The second-order valence-corrected chi connectivity index (χ2v) is 7.83. The van der Waals surface area contributed by atoms with Crippen molar-refractivity contribution in [1.82, 2.24) is 0 Å². The van der Waals surface area contributed by atoms with Gasteiger partial charge in [0.1, 0.15) is 0 Å². The van der Waals surface area contributed by atoms with Crippen LogP contribution in [0, 0.1) is 0 Å². The molecule has 0 spiro atoms. The molecule has 1 aliphatic rings. The van der Waals surface area contributed by atoms with Gasteiger partial charge in [-0.25, -0.2) is 4.79 Å². The average Bonchev–Trinajstić information content (AvgIpc) is 3.00. The predicted molar refractivity (Wildman–Crippen MR) is 118 cm³/mol. The van der Waals surface area contributed by atoms with E-state index in [2.05, 4.69) is 4.74 Å². The molecule has 0 unspecified atom stereocenters. The standard InChI is InChI=1S/C20H16ClNO5S2/c1-25-15-9-12(8-14(21)18(15)27-11-17(23)26-2)10-16-19(24)22(20(28)29-16)13-6-4-3-5-7-13/h3-10H,11H2,1-2H3/b16-10+. The number of hydrogen-bond acceptors (Lipinski definition) is 7. The van der Waals surface area contributed by atoms with Crippen molar-refractivity contribution in [3.05, 3.63) is 58.0 Å². The van der Waals surface area contributed by atoms with Crippen LogP contribution in [-0.2, 0) is 14.3 Å². The molecule has 0 saturated carbocycles. The minimum Gasteiger partial charge on any atom is -0.493 e. The quantitative estimate of drug-likeness (QED) is 0.370. The molecular formula is C20H16ClNO5S2. The van der Waals surface area contributed by atoms with Crippen molar-refractivity contribution >= 4 is 63.5 Å². The molecule has 0 radical (unpaired) electrons. The minimum absolute atomic E-state index is 0.215. The van der Waals surface area contributed by atoms with Crippen molar-refractivity contribution in [3.63, 3.8) is 0 Å². The SMILES string of the molecule is COC(=O)COc1c(Cl)cc(/C=C2/SC(=S)N(c3ccccc3)C2=O)cc1OC. The van der Waals surface area contributed by atoms with Gasteiger partial charge in [0.05, 0.1) is 29.8 Å². The number of hydrogen-bond donors (Lipinski definition) is 0. The van der Waals surface area contributed by atoms with E-state index in [-0.39, 0.29) is 23.3 Å². The number of methoxy groups -OCH3 is 2. The van der Waals surface area contributed by atoms with Crippen LogP contribution >= 0.6 is 35.6 Å². The third kappa shape index (κ3) is 4.72. The number of rotatable bonds is 6. The van der Waals surface area contributed by atoms with Crippen molar-refractivity contribution in [2.24, 2.45) is 0 Å². The summed E-state index contributed by atoms with van der Waals surface area (Å²) < 4.78 is 15.7. The van der Waals surface area contributed by atoms with Gasteiger partial charge in [0.15, 0.2) is 22.4 Å². The van der Waals surface area contributed by atoms with Crippen molar-refractivity contribution in [2.45, 2.75) is 0 Å². The van der Waals surface area contributed by atoms with E-state index in [1.807, 2.05) is 30.3 Å². The fraction of sp³-hybridized carbons (Fsp3) is 0.150. The molecule has 9 heteroatoms. The smallest absolute Gasteiger partial charge is 0.343 e. The van der Waals surface area contributed by atoms with Crippen LogP contribution < -0.4 is 14.4 Å². The number of benzene rings is 2. The fourth-order valence-corrected chi connectivity index (χ4v) is 4.14. The first-order valence-electron chi connectivity index (χ1n) is 8.34. The summed E-state index contributed by atoms with van der Waals surface area (Å²) in [6, 6.07) is 12.5. The molecule has 150 valence electrons. The maximum Gasteiger partial charge on any atom is 0.343 e. The zero-order chi connectivity index (χ0) is 21.0. The number of thiocarbonyl (C=S) groups is 1. The van der Waals surface area contributed by atoms with Crippen molar-refractivity contribution < 1.29 is 23.8 Å². The Kier molecular flexibility index (Phi) is 6.79. The van der Waals surface area contributed by atoms with Crippen LogP contribution in [0.1, 0.15) is 5.56 Å². The summed E-state index contributed by atoms with van der Waals surface area (Å²) in [4.78, 5) is 26.1. The van der Waals surface area contributed by atoms with Crippen LogP contribution in [0.3, 0.4) is 0 Å². The molecule has 0 N–H and O–H groups in total. The van der Waals surface area contributed by atoms with Gasteiger partial charge in [0.25, 0.3) is 5.91 Å². The Morgan fingerprint density at radius 2 is 1.97 bits per heavy atom. The highest BCUT2D eigenvalue weighted by Crippen LogP contribution is 2.40. The third-order valence-corrected chi connectivity index (χ3v) is 5.50. The molecule has 1 saturated heterocycles. The molecule has 2 aromatic rings. The molecular weight excluding hydrogens is 434 g/mol. The topological polar surface area (TPSA) is 65.1 Å². The number of nitrogens with zero attached hydrogens (tertiary/aromatic N) is 1. The summed E-state index contributed by atoms with van der Waals surface area (Å²) >= 11 is 12.9. The first-order chi connectivity index (χ1) is 13.9. The molecule has 1 heterocycles. The molecule has 0 aliphatic carbocycles.